The highest BCUT2D eigenvalue weighted by atomic mass is 32.2. The second-order valence-electron chi connectivity index (χ2n) is 11.3. The number of anilines is 1. The van der Waals surface area contributed by atoms with Crippen molar-refractivity contribution in [3.05, 3.63) is 60.2 Å². The molecule has 2 aromatic rings. The molecule has 1 aliphatic heterocycles. The van der Waals surface area contributed by atoms with Crippen molar-refractivity contribution < 1.29 is 31.2 Å². The number of hydrogen-bond acceptors (Lipinski definition) is 5. The van der Waals surface area contributed by atoms with Crippen molar-refractivity contribution in [2.24, 2.45) is 11.8 Å². The summed E-state index contributed by atoms with van der Waals surface area (Å²) in [7, 11) is -3.60. The van der Waals surface area contributed by atoms with Crippen LogP contribution in [-0.4, -0.2) is 62.2 Å². The van der Waals surface area contributed by atoms with Gasteiger partial charge in [-0.15, -0.1) is 0 Å². The number of nitrogens with one attached hydrogen (secondary N) is 3. The molecule has 1 saturated carbocycles. The van der Waals surface area contributed by atoms with E-state index in [1.54, 1.807) is 35.2 Å². The van der Waals surface area contributed by atoms with Crippen molar-refractivity contribution in [2.45, 2.75) is 68.7 Å². The van der Waals surface area contributed by atoms with Gasteiger partial charge in [0.2, 0.25) is 5.91 Å². The van der Waals surface area contributed by atoms with Gasteiger partial charge in [-0.25, -0.2) is 13.2 Å². The third-order valence-corrected chi connectivity index (χ3v) is 9.54. The summed E-state index contributed by atoms with van der Waals surface area (Å²) < 4.78 is 65.7. The van der Waals surface area contributed by atoms with Crippen molar-refractivity contribution in [3.8, 4) is 0 Å². The monoisotopic (exact) mass is 594 g/mol. The molecule has 2 fully saturated rings. The summed E-state index contributed by atoms with van der Waals surface area (Å²) in [5.41, 5.74) is -0.938. The number of halogens is 3. The summed E-state index contributed by atoms with van der Waals surface area (Å²) in [5, 5.41) is 8.49. The maximum Gasteiger partial charge on any atom is 0.416 e. The Morgan fingerprint density at radius 3 is 2.46 bits per heavy atom. The van der Waals surface area contributed by atoms with Gasteiger partial charge in [0.15, 0.2) is 9.84 Å². The van der Waals surface area contributed by atoms with Gasteiger partial charge in [-0.3, -0.25) is 4.79 Å². The van der Waals surface area contributed by atoms with E-state index in [4.69, 9.17) is 0 Å². The van der Waals surface area contributed by atoms with Gasteiger partial charge in [-0.05, 0) is 74.4 Å². The number of amides is 3. The highest BCUT2D eigenvalue weighted by Crippen LogP contribution is 2.34. The predicted octanol–water partition coefficient (Wildman–Crippen LogP) is 4.68. The maximum atomic E-state index is 13.4. The van der Waals surface area contributed by atoms with Crippen LogP contribution >= 0.6 is 0 Å². The van der Waals surface area contributed by atoms with Crippen LogP contribution in [0.3, 0.4) is 0 Å². The Morgan fingerprint density at radius 1 is 1.05 bits per heavy atom. The number of alkyl halides is 3. The zero-order chi connectivity index (χ0) is 29.8. The number of nitrogens with zero attached hydrogens (tertiary/aromatic N) is 1. The molecule has 4 rings (SSSR count). The van der Waals surface area contributed by atoms with E-state index < -0.39 is 33.6 Å². The van der Waals surface area contributed by atoms with Gasteiger partial charge in [0, 0.05) is 24.3 Å². The van der Waals surface area contributed by atoms with E-state index in [-0.39, 0.29) is 40.2 Å². The van der Waals surface area contributed by atoms with Crippen LogP contribution in [0.4, 0.5) is 23.7 Å². The van der Waals surface area contributed by atoms with Crippen LogP contribution in [0.5, 0.6) is 0 Å². The third-order valence-electron chi connectivity index (χ3n) is 7.69. The van der Waals surface area contributed by atoms with E-state index in [2.05, 4.69) is 29.8 Å². The lowest BCUT2D eigenvalue weighted by molar-refractivity contribution is -0.137. The summed E-state index contributed by atoms with van der Waals surface area (Å²) in [6.07, 6.45) is -2.22. The third kappa shape index (κ3) is 8.00. The van der Waals surface area contributed by atoms with E-state index >= 15 is 0 Å². The summed E-state index contributed by atoms with van der Waals surface area (Å²) in [5.74, 6) is -0.280. The van der Waals surface area contributed by atoms with Crippen molar-refractivity contribution in [1.29, 1.82) is 0 Å². The molecule has 12 heteroatoms. The zero-order valence-corrected chi connectivity index (χ0v) is 24.0. The highest BCUT2D eigenvalue weighted by Gasteiger charge is 2.43. The number of hydrogen-bond donors (Lipinski definition) is 3. The lowest BCUT2D eigenvalue weighted by atomic mass is 9.81. The number of carbonyl (C=O) groups is 2. The Hall–Kier alpha value is -3.12. The van der Waals surface area contributed by atoms with Gasteiger partial charge in [0.1, 0.15) is 6.04 Å². The molecule has 3 N–H and O–H groups in total. The first-order valence-corrected chi connectivity index (χ1v) is 15.5. The van der Waals surface area contributed by atoms with Gasteiger partial charge in [0.25, 0.3) is 0 Å². The van der Waals surface area contributed by atoms with E-state index in [1.165, 1.54) is 12.1 Å². The van der Waals surface area contributed by atoms with E-state index in [0.717, 1.165) is 25.1 Å². The van der Waals surface area contributed by atoms with Crippen molar-refractivity contribution in [1.82, 2.24) is 15.5 Å². The first kappa shape index (κ1) is 30.8. The van der Waals surface area contributed by atoms with Gasteiger partial charge < -0.3 is 20.9 Å². The Kier molecular flexibility index (Phi) is 9.63. The van der Waals surface area contributed by atoms with Crippen molar-refractivity contribution in [2.75, 3.05) is 24.2 Å². The SMILES string of the molecule is CC(C)CN[C@@H]1CC[C@H](N2CC[C@H](NC(=O)Nc3cccc(C(F)(F)F)c3)C2=O)[C@H](CS(=O)(=O)c2ccccc2)C1. The second-order valence-corrected chi connectivity index (χ2v) is 13.3. The summed E-state index contributed by atoms with van der Waals surface area (Å²) in [6.45, 7) is 5.37. The summed E-state index contributed by atoms with van der Waals surface area (Å²) in [4.78, 5) is 27.9. The fourth-order valence-corrected chi connectivity index (χ4v) is 7.38. The number of sulfone groups is 1. The van der Waals surface area contributed by atoms with Crippen LogP contribution < -0.4 is 16.0 Å². The average Bonchev–Trinajstić information content (AvgIpc) is 3.26. The summed E-state index contributed by atoms with van der Waals surface area (Å²) >= 11 is 0. The standard InChI is InChI=1S/C29H37F3N4O4S/c1-19(2)17-33-22-11-12-26(20(15-22)18-41(39,40)24-9-4-3-5-10-24)36-14-13-25(27(36)37)35-28(38)34-23-8-6-7-21(16-23)29(30,31)32/h3-10,16,19-20,22,25-26,33H,11-15,17-18H2,1-2H3,(H2,34,35,38)/t20-,22+,25-,26-/m0/s1. The molecule has 0 unspecified atom stereocenters. The van der Waals surface area contributed by atoms with Crippen LogP contribution in [0.2, 0.25) is 0 Å². The van der Waals surface area contributed by atoms with Crippen molar-refractivity contribution in [3.63, 3.8) is 0 Å². The smallest absolute Gasteiger partial charge is 0.338 e. The van der Waals surface area contributed by atoms with Gasteiger partial charge in [0.05, 0.1) is 16.2 Å². The molecule has 0 radical (unpaired) electrons. The minimum atomic E-state index is -4.55. The van der Waals surface area contributed by atoms with E-state index in [0.29, 0.717) is 31.7 Å². The molecule has 8 nitrogen and oxygen atoms in total. The van der Waals surface area contributed by atoms with Gasteiger partial charge in [-0.1, -0.05) is 38.1 Å². The largest absolute Gasteiger partial charge is 0.416 e. The maximum absolute atomic E-state index is 13.4. The Balaban J connectivity index is 1.44. The lowest BCUT2D eigenvalue weighted by Crippen LogP contribution is -2.52. The molecule has 1 aliphatic carbocycles. The zero-order valence-electron chi connectivity index (χ0n) is 23.2. The number of benzene rings is 2. The molecule has 0 bridgehead atoms. The lowest BCUT2D eigenvalue weighted by Gasteiger charge is -2.41. The molecule has 2 aliphatic rings. The van der Waals surface area contributed by atoms with E-state index in [9.17, 15) is 31.2 Å². The molecule has 1 saturated heterocycles. The van der Waals surface area contributed by atoms with Gasteiger partial charge >= 0.3 is 12.2 Å². The fraction of sp³-hybridized carbons (Fsp3) is 0.517. The fourth-order valence-electron chi connectivity index (χ4n) is 5.70. The van der Waals surface area contributed by atoms with Crippen LogP contribution in [0.15, 0.2) is 59.5 Å². The second kappa shape index (κ2) is 12.8. The van der Waals surface area contributed by atoms with Crippen molar-refractivity contribution >= 4 is 27.5 Å². The minimum Gasteiger partial charge on any atom is -0.338 e. The Bertz CT molecular complexity index is 1320. The molecular formula is C29H37F3N4O4S. The molecular weight excluding hydrogens is 557 g/mol. The quantitative estimate of drug-likeness (QED) is 0.391. The Labute approximate surface area is 239 Å². The number of carbonyl (C=O) groups excluding carboxylic acids is 2. The van der Waals surface area contributed by atoms with Crippen LogP contribution in [-0.2, 0) is 20.8 Å². The topological polar surface area (TPSA) is 108 Å². The molecule has 2 aromatic carbocycles. The summed E-state index contributed by atoms with van der Waals surface area (Å²) in [6, 6.07) is 10.7. The Morgan fingerprint density at radius 2 is 1.78 bits per heavy atom. The molecule has 224 valence electrons. The molecule has 41 heavy (non-hydrogen) atoms. The number of rotatable bonds is 9. The van der Waals surface area contributed by atoms with Crippen LogP contribution in [0.1, 0.15) is 45.1 Å². The van der Waals surface area contributed by atoms with E-state index in [1.807, 2.05) is 0 Å². The molecule has 1 heterocycles. The van der Waals surface area contributed by atoms with Crippen LogP contribution in [0, 0.1) is 11.8 Å². The van der Waals surface area contributed by atoms with Gasteiger partial charge in [-0.2, -0.15) is 13.2 Å². The molecule has 3 amide bonds. The number of likely N-dealkylation sites (tertiary alicyclic amines) is 1. The normalized spacial score (nSPS) is 23.6. The molecule has 0 aromatic heterocycles. The average molecular weight is 595 g/mol. The minimum absolute atomic E-state index is 0.0435. The first-order valence-electron chi connectivity index (χ1n) is 13.9. The molecule has 4 atom stereocenters. The molecule has 0 spiro atoms. The highest BCUT2D eigenvalue weighted by molar-refractivity contribution is 7.91. The first-order chi connectivity index (χ1) is 19.3. The number of urea groups is 1. The predicted molar refractivity (Wildman–Crippen MR) is 150 cm³/mol. The van der Waals surface area contributed by atoms with Crippen LogP contribution in [0.25, 0.3) is 0 Å².